The van der Waals surface area contributed by atoms with Crippen LogP contribution in [0, 0.1) is 5.92 Å². The Morgan fingerprint density at radius 1 is 1.35 bits per heavy atom. The summed E-state index contributed by atoms with van der Waals surface area (Å²) in [6, 6.07) is 5.61. The largest absolute Gasteiger partial charge is 0.372 e. The molecule has 2 rings (SSSR count). The van der Waals surface area contributed by atoms with Gasteiger partial charge in [0.1, 0.15) is 0 Å². The topological polar surface area (TPSA) is 47.3 Å². The van der Waals surface area contributed by atoms with Crippen molar-refractivity contribution < 1.29 is 4.74 Å². The van der Waals surface area contributed by atoms with Gasteiger partial charge in [-0.15, -0.1) is 0 Å². The van der Waals surface area contributed by atoms with Crippen molar-refractivity contribution >= 4 is 23.2 Å². The van der Waals surface area contributed by atoms with Gasteiger partial charge >= 0.3 is 0 Å². The lowest BCUT2D eigenvalue weighted by Crippen LogP contribution is -2.30. The summed E-state index contributed by atoms with van der Waals surface area (Å²) in [4.78, 5) is 0. The van der Waals surface area contributed by atoms with E-state index in [2.05, 4.69) is 5.32 Å². The van der Waals surface area contributed by atoms with Gasteiger partial charge in [-0.2, -0.15) is 0 Å². The van der Waals surface area contributed by atoms with Crippen molar-refractivity contribution in [2.45, 2.75) is 6.10 Å². The standard InChI is InChI=1S/C12H16Cl2N2O/c13-10-2-1-8(5-11(10)14)12-9(6-15)7-16-3-4-17-12/h1-2,5,9,12,16H,3-4,6-7,15H2/t9-,12+/m1/s1. The van der Waals surface area contributed by atoms with E-state index in [0.29, 0.717) is 23.2 Å². The van der Waals surface area contributed by atoms with Crippen LogP contribution in [0.4, 0.5) is 0 Å². The lowest BCUT2D eigenvalue weighted by molar-refractivity contribution is 0.0332. The van der Waals surface area contributed by atoms with E-state index in [-0.39, 0.29) is 12.0 Å². The van der Waals surface area contributed by atoms with Gasteiger partial charge in [0.05, 0.1) is 22.8 Å². The highest BCUT2D eigenvalue weighted by atomic mass is 35.5. The van der Waals surface area contributed by atoms with Gasteiger partial charge in [-0.1, -0.05) is 29.3 Å². The third-order valence-corrected chi connectivity index (χ3v) is 3.72. The Bertz CT molecular complexity index is 387. The number of nitrogens with one attached hydrogen (secondary N) is 1. The van der Waals surface area contributed by atoms with Crippen LogP contribution in [0.5, 0.6) is 0 Å². The molecule has 1 aromatic rings. The SMILES string of the molecule is NC[C@@H]1CNCCO[C@H]1c1ccc(Cl)c(Cl)c1. The molecule has 3 N–H and O–H groups in total. The van der Waals surface area contributed by atoms with Crippen molar-refractivity contribution in [1.82, 2.24) is 5.32 Å². The molecule has 1 fully saturated rings. The average Bonchev–Trinajstić information content (AvgIpc) is 2.57. The minimum absolute atomic E-state index is 0.00948. The minimum atomic E-state index is -0.00948. The Labute approximate surface area is 111 Å². The van der Waals surface area contributed by atoms with Crippen LogP contribution >= 0.6 is 23.2 Å². The Morgan fingerprint density at radius 3 is 2.88 bits per heavy atom. The molecular weight excluding hydrogens is 259 g/mol. The first-order valence-electron chi connectivity index (χ1n) is 5.69. The van der Waals surface area contributed by atoms with Gasteiger partial charge < -0.3 is 15.8 Å². The Kier molecular flexibility index (Phi) is 4.65. The van der Waals surface area contributed by atoms with E-state index in [1.807, 2.05) is 12.1 Å². The summed E-state index contributed by atoms with van der Waals surface area (Å²) < 4.78 is 5.84. The number of halogens is 2. The van der Waals surface area contributed by atoms with Crippen LogP contribution in [-0.2, 0) is 4.74 Å². The van der Waals surface area contributed by atoms with E-state index in [0.717, 1.165) is 18.7 Å². The van der Waals surface area contributed by atoms with Crippen LogP contribution in [0.1, 0.15) is 11.7 Å². The van der Waals surface area contributed by atoms with E-state index in [1.54, 1.807) is 6.07 Å². The summed E-state index contributed by atoms with van der Waals surface area (Å²) in [5.74, 6) is 0.259. The van der Waals surface area contributed by atoms with Gasteiger partial charge in [-0.05, 0) is 24.2 Å². The smallest absolute Gasteiger partial charge is 0.0878 e. The Hall–Kier alpha value is -0.320. The third kappa shape index (κ3) is 3.12. The fourth-order valence-corrected chi connectivity index (χ4v) is 2.36. The zero-order valence-corrected chi connectivity index (χ0v) is 11.0. The zero-order valence-electron chi connectivity index (χ0n) is 9.46. The average molecular weight is 275 g/mol. The quantitative estimate of drug-likeness (QED) is 0.870. The van der Waals surface area contributed by atoms with E-state index in [9.17, 15) is 0 Å². The highest BCUT2D eigenvalue weighted by molar-refractivity contribution is 6.42. The van der Waals surface area contributed by atoms with E-state index >= 15 is 0 Å². The molecule has 0 radical (unpaired) electrons. The first-order valence-corrected chi connectivity index (χ1v) is 6.45. The maximum atomic E-state index is 6.03. The lowest BCUT2D eigenvalue weighted by atomic mass is 9.95. The van der Waals surface area contributed by atoms with Crippen molar-refractivity contribution in [2.24, 2.45) is 11.7 Å². The second-order valence-electron chi connectivity index (χ2n) is 4.16. The minimum Gasteiger partial charge on any atom is -0.372 e. The van der Waals surface area contributed by atoms with Crippen molar-refractivity contribution in [3.8, 4) is 0 Å². The number of nitrogens with two attached hydrogens (primary N) is 1. The van der Waals surface area contributed by atoms with Crippen LogP contribution < -0.4 is 11.1 Å². The number of hydrogen-bond donors (Lipinski definition) is 2. The Balaban J connectivity index is 2.25. The molecule has 0 bridgehead atoms. The van der Waals surface area contributed by atoms with Crippen LogP contribution in [0.25, 0.3) is 0 Å². The number of benzene rings is 1. The van der Waals surface area contributed by atoms with E-state index in [4.69, 9.17) is 33.7 Å². The maximum Gasteiger partial charge on any atom is 0.0878 e. The predicted molar refractivity (Wildman–Crippen MR) is 70.6 cm³/mol. The highest BCUT2D eigenvalue weighted by Gasteiger charge is 2.25. The van der Waals surface area contributed by atoms with E-state index < -0.39 is 0 Å². The van der Waals surface area contributed by atoms with Gasteiger partial charge in [0.2, 0.25) is 0 Å². The monoisotopic (exact) mass is 274 g/mol. The summed E-state index contributed by atoms with van der Waals surface area (Å²) in [5, 5.41) is 4.43. The fourth-order valence-electron chi connectivity index (χ4n) is 2.05. The van der Waals surface area contributed by atoms with Gasteiger partial charge in [0, 0.05) is 19.0 Å². The van der Waals surface area contributed by atoms with Crippen LogP contribution in [0.3, 0.4) is 0 Å². The number of hydrogen-bond acceptors (Lipinski definition) is 3. The summed E-state index contributed by atoms with van der Waals surface area (Å²) in [5.41, 5.74) is 6.83. The molecule has 2 atom stereocenters. The number of rotatable bonds is 2. The molecule has 1 saturated heterocycles. The summed E-state index contributed by atoms with van der Waals surface area (Å²) in [6.07, 6.45) is -0.00948. The molecule has 5 heteroatoms. The molecule has 0 amide bonds. The molecule has 0 spiro atoms. The van der Waals surface area contributed by atoms with Gasteiger partial charge in [-0.3, -0.25) is 0 Å². The van der Waals surface area contributed by atoms with Gasteiger partial charge in [0.25, 0.3) is 0 Å². The second kappa shape index (κ2) is 6.03. The van der Waals surface area contributed by atoms with Crippen LogP contribution in [0.2, 0.25) is 10.0 Å². The zero-order chi connectivity index (χ0) is 12.3. The molecule has 0 unspecified atom stereocenters. The molecule has 0 aromatic heterocycles. The van der Waals surface area contributed by atoms with Crippen molar-refractivity contribution in [3.63, 3.8) is 0 Å². The molecule has 1 aliphatic heterocycles. The molecule has 0 saturated carbocycles. The summed E-state index contributed by atoms with van der Waals surface area (Å²) in [7, 11) is 0. The first-order chi connectivity index (χ1) is 8.22. The van der Waals surface area contributed by atoms with E-state index in [1.165, 1.54) is 0 Å². The normalized spacial score (nSPS) is 25.6. The van der Waals surface area contributed by atoms with Gasteiger partial charge in [0.15, 0.2) is 0 Å². The van der Waals surface area contributed by atoms with Crippen LogP contribution in [0.15, 0.2) is 18.2 Å². The molecule has 1 aromatic carbocycles. The predicted octanol–water partition coefficient (Wildman–Crippen LogP) is 2.23. The molecule has 1 aliphatic rings. The third-order valence-electron chi connectivity index (χ3n) is 2.99. The summed E-state index contributed by atoms with van der Waals surface area (Å²) >= 11 is 11.9. The number of ether oxygens (including phenoxy) is 1. The molecule has 94 valence electrons. The van der Waals surface area contributed by atoms with Gasteiger partial charge in [-0.25, -0.2) is 0 Å². The molecule has 0 aliphatic carbocycles. The lowest BCUT2D eigenvalue weighted by Gasteiger charge is -2.24. The first kappa shape index (κ1) is 13.1. The highest BCUT2D eigenvalue weighted by Crippen LogP contribution is 2.31. The molecule has 1 heterocycles. The summed E-state index contributed by atoms with van der Waals surface area (Å²) in [6.45, 7) is 2.98. The second-order valence-corrected chi connectivity index (χ2v) is 4.98. The van der Waals surface area contributed by atoms with Crippen molar-refractivity contribution in [1.29, 1.82) is 0 Å². The molecular formula is C12H16Cl2N2O. The Morgan fingerprint density at radius 2 is 2.18 bits per heavy atom. The fraction of sp³-hybridized carbons (Fsp3) is 0.500. The molecule has 17 heavy (non-hydrogen) atoms. The molecule has 3 nitrogen and oxygen atoms in total. The van der Waals surface area contributed by atoms with Crippen LogP contribution in [-0.4, -0.2) is 26.2 Å². The maximum absolute atomic E-state index is 6.03. The van der Waals surface area contributed by atoms with Crippen molar-refractivity contribution in [3.05, 3.63) is 33.8 Å². The van der Waals surface area contributed by atoms with Crippen molar-refractivity contribution in [2.75, 3.05) is 26.2 Å².